The largest absolute Gasteiger partial charge is 0.384 e. The summed E-state index contributed by atoms with van der Waals surface area (Å²) in [4.78, 5) is 0. The van der Waals surface area contributed by atoms with E-state index in [9.17, 15) is 13.9 Å². The Morgan fingerprint density at radius 3 is 2.80 bits per heavy atom. The minimum Gasteiger partial charge on any atom is -0.384 e. The molecule has 1 heterocycles. The molecule has 7 heteroatoms. The summed E-state index contributed by atoms with van der Waals surface area (Å²) in [5.74, 6) is -2.77. The van der Waals surface area contributed by atoms with E-state index in [1.54, 1.807) is 0 Å². The molecule has 1 N–H and O–H groups in total. The van der Waals surface area contributed by atoms with Crippen LogP contribution in [0.15, 0.2) is 0 Å². The van der Waals surface area contributed by atoms with Gasteiger partial charge in [-0.2, -0.15) is 12.6 Å². The van der Waals surface area contributed by atoms with Crippen LogP contribution >= 0.6 is 12.6 Å². The zero-order chi connectivity index (χ0) is 11.5. The highest BCUT2D eigenvalue weighted by atomic mass is 32.1. The van der Waals surface area contributed by atoms with Crippen LogP contribution in [0.4, 0.5) is 8.78 Å². The van der Waals surface area contributed by atoms with Crippen molar-refractivity contribution in [2.45, 2.75) is 30.5 Å². The molecule has 0 aliphatic carbocycles. The van der Waals surface area contributed by atoms with Crippen molar-refractivity contribution in [2.75, 3.05) is 19.5 Å². The molecule has 3 unspecified atom stereocenters. The van der Waals surface area contributed by atoms with Crippen molar-refractivity contribution in [2.24, 2.45) is 0 Å². The van der Waals surface area contributed by atoms with Crippen molar-refractivity contribution in [3.05, 3.63) is 0 Å². The van der Waals surface area contributed by atoms with Crippen molar-refractivity contribution in [3.8, 4) is 0 Å². The first-order chi connectivity index (χ1) is 7.04. The van der Waals surface area contributed by atoms with Crippen LogP contribution in [0, 0.1) is 0 Å². The summed E-state index contributed by atoms with van der Waals surface area (Å²) in [6.07, 6.45) is -2.36. The first-order valence-electron chi connectivity index (χ1n) is 4.68. The summed E-state index contributed by atoms with van der Waals surface area (Å²) < 4.78 is 36.5. The molecule has 1 aliphatic heterocycles. The Hall–Kier alpha value is 0.155. The van der Waals surface area contributed by atoms with Crippen molar-refractivity contribution in [1.82, 2.24) is 0 Å². The minimum atomic E-state index is -3.24. The van der Waals surface area contributed by atoms with Gasteiger partial charge in [0.2, 0.25) is 0 Å². The van der Waals surface area contributed by atoms with Crippen LogP contribution in [0.1, 0.15) is 0 Å². The number of halogens is 2. The molecule has 0 bridgehead atoms. The van der Waals surface area contributed by atoms with Crippen LogP contribution in [0.3, 0.4) is 0 Å². The fourth-order valence-corrected chi connectivity index (χ4v) is 1.65. The Bertz CT molecular complexity index is 208. The van der Waals surface area contributed by atoms with Gasteiger partial charge >= 0.3 is 0 Å². The van der Waals surface area contributed by atoms with Gasteiger partial charge in [0.05, 0.1) is 12.6 Å². The van der Waals surface area contributed by atoms with Gasteiger partial charge in [-0.25, -0.2) is 8.78 Å². The van der Waals surface area contributed by atoms with Gasteiger partial charge in [-0.3, -0.25) is 0 Å². The second-order valence-corrected chi connectivity index (χ2v) is 3.87. The van der Waals surface area contributed by atoms with E-state index < -0.39 is 24.1 Å². The average molecular weight is 239 g/mol. The number of alkyl halides is 2. The summed E-state index contributed by atoms with van der Waals surface area (Å²) >= 11 is 3.92. The lowest BCUT2D eigenvalue weighted by molar-refractivity contribution is -0.0930. The topological polar surface area (TPSA) is 38.7 Å². The van der Waals surface area contributed by atoms with E-state index in [0.717, 1.165) is 0 Å². The monoisotopic (exact) mass is 239 g/mol. The third kappa shape index (κ3) is 2.84. The summed E-state index contributed by atoms with van der Waals surface area (Å²) in [5, 5.41) is 9.32. The summed E-state index contributed by atoms with van der Waals surface area (Å²) in [7, 11) is 2.71. The van der Waals surface area contributed by atoms with Gasteiger partial charge in [0, 0.05) is 7.11 Å². The van der Waals surface area contributed by atoms with E-state index in [1.807, 2.05) is 0 Å². The van der Waals surface area contributed by atoms with Gasteiger partial charge < -0.3 is 14.6 Å². The maximum Gasteiger partial charge on any atom is 0.293 e. The molecule has 15 heavy (non-hydrogen) atoms. The number of rotatable bonds is 5. The van der Waals surface area contributed by atoms with Crippen LogP contribution in [0.2, 0.25) is 6.32 Å². The van der Waals surface area contributed by atoms with E-state index in [2.05, 4.69) is 12.6 Å². The molecule has 0 spiro atoms. The minimum absolute atomic E-state index is 0.0397. The first kappa shape index (κ1) is 13.2. The third-order valence-electron chi connectivity index (χ3n) is 2.29. The number of ether oxygens (including phenoxy) is 2. The SMILES string of the molecule is COCC1OC([B]CCS)C(F)(F)C1O. The second-order valence-electron chi connectivity index (χ2n) is 3.42. The lowest BCUT2D eigenvalue weighted by Gasteiger charge is -2.18. The van der Waals surface area contributed by atoms with Gasteiger partial charge in [-0.05, 0) is 5.75 Å². The number of thiol groups is 1. The highest BCUT2D eigenvalue weighted by molar-refractivity contribution is 7.80. The van der Waals surface area contributed by atoms with Crippen molar-refractivity contribution >= 4 is 19.9 Å². The molecule has 1 rings (SSSR count). The molecule has 87 valence electrons. The van der Waals surface area contributed by atoms with Crippen LogP contribution in [0.25, 0.3) is 0 Å². The Morgan fingerprint density at radius 2 is 2.27 bits per heavy atom. The Morgan fingerprint density at radius 1 is 1.60 bits per heavy atom. The predicted octanol–water partition coefficient (Wildman–Crippen LogP) is 0.406. The summed E-state index contributed by atoms with van der Waals surface area (Å²) in [5.41, 5.74) is 0. The molecular weight excluding hydrogens is 225 g/mol. The molecule has 0 aromatic rings. The molecule has 3 atom stereocenters. The summed E-state index contributed by atoms with van der Waals surface area (Å²) in [6.45, 7) is -0.0397. The lowest BCUT2D eigenvalue weighted by Crippen LogP contribution is -2.43. The van der Waals surface area contributed by atoms with E-state index in [1.165, 1.54) is 14.4 Å². The van der Waals surface area contributed by atoms with Crippen molar-refractivity contribution in [1.29, 1.82) is 0 Å². The molecule has 0 saturated carbocycles. The molecular formula is C8H14BF2O3S. The normalized spacial score (nSPS) is 34.3. The molecule has 0 aromatic carbocycles. The van der Waals surface area contributed by atoms with E-state index >= 15 is 0 Å². The Balaban J connectivity index is 2.58. The number of hydrogen-bond donors (Lipinski definition) is 2. The number of hydrogen-bond acceptors (Lipinski definition) is 4. The first-order valence-corrected chi connectivity index (χ1v) is 5.31. The summed E-state index contributed by atoms with van der Waals surface area (Å²) in [6, 6.07) is -1.35. The Kier molecular flexibility index (Phi) is 4.82. The van der Waals surface area contributed by atoms with Crippen LogP contribution < -0.4 is 0 Å². The van der Waals surface area contributed by atoms with Gasteiger partial charge in [0.15, 0.2) is 7.28 Å². The van der Waals surface area contributed by atoms with Crippen LogP contribution in [-0.2, 0) is 9.47 Å². The van der Waals surface area contributed by atoms with Crippen molar-refractivity contribution < 1.29 is 23.4 Å². The number of methoxy groups -OCH3 is 1. The van der Waals surface area contributed by atoms with Crippen LogP contribution in [-0.4, -0.2) is 56.0 Å². The van der Waals surface area contributed by atoms with E-state index in [4.69, 9.17) is 9.47 Å². The molecule has 1 saturated heterocycles. The van der Waals surface area contributed by atoms with Gasteiger partial charge in [-0.1, -0.05) is 6.32 Å². The number of aliphatic hydroxyl groups excluding tert-OH is 1. The molecule has 0 amide bonds. The maximum absolute atomic E-state index is 13.4. The van der Waals surface area contributed by atoms with Crippen LogP contribution in [0.5, 0.6) is 0 Å². The molecule has 1 radical (unpaired) electrons. The standard InChI is InChI=1S/C8H14BF2O3S/c1-13-4-5-6(12)8(10,11)7(14-5)9-2-3-15/h5-7,12,15H,2-4H2,1H3. The highest BCUT2D eigenvalue weighted by Crippen LogP contribution is 2.36. The maximum atomic E-state index is 13.4. The third-order valence-corrected chi connectivity index (χ3v) is 2.55. The van der Waals surface area contributed by atoms with Gasteiger partial charge in [0.25, 0.3) is 5.92 Å². The fraction of sp³-hybridized carbons (Fsp3) is 1.00. The smallest absolute Gasteiger partial charge is 0.293 e. The molecule has 3 nitrogen and oxygen atoms in total. The number of aliphatic hydroxyl groups is 1. The zero-order valence-electron chi connectivity index (χ0n) is 8.40. The van der Waals surface area contributed by atoms with E-state index in [-0.39, 0.29) is 6.61 Å². The van der Waals surface area contributed by atoms with Gasteiger partial charge in [0.1, 0.15) is 12.2 Å². The molecule has 0 aromatic heterocycles. The quantitative estimate of drug-likeness (QED) is 0.539. The van der Waals surface area contributed by atoms with E-state index in [0.29, 0.717) is 12.1 Å². The lowest BCUT2D eigenvalue weighted by atomic mass is 9.66. The average Bonchev–Trinajstić information content (AvgIpc) is 2.40. The highest BCUT2D eigenvalue weighted by Gasteiger charge is 2.57. The van der Waals surface area contributed by atoms with Gasteiger partial charge in [-0.15, -0.1) is 0 Å². The predicted molar refractivity (Wildman–Crippen MR) is 55.9 cm³/mol. The molecule has 1 aliphatic rings. The zero-order valence-corrected chi connectivity index (χ0v) is 9.29. The van der Waals surface area contributed by atoms with Crippen molar-refractivity contribution in [3.63, 3.8) is 0 Å². The second kappa shape index (κ2) is 5.47. The molecule has 1 fully saturated rings. The fourth-order valence-electron chi connectivity index (χ4n) is 1.50. The Labute approximate surface area is 93.8 Å².